The molecule has 0 aliphatic rings. The van der Waals surface area contributed by atoms with Gasteiger partial charge in [0.05, 0.1) is 30.1 Å². The van der Waals surface area contributed by atoms with Crippen LogP contribution in [0.15, 0.2) is 70.0 Å². The predicted molar refractivity (Wildman–Crippen MR) is 141 cm³/mol. The summed E-state index contributed by atoms with van der Waals surface area (Å²) in [4.78, 5) is 40.4. The number of benzene rings is 2. The van der Waals surface area contributed by atoms with Gasteiger partial charge in [-0.25, -0.2) is 14.6 Å². The minimum atomic E-state index is -2.26. The second kappa shape index (κ2) is 12.2. The number of carboxylic acid groups (broad SMARTS) is 1. The second-order valence-corrected chi connectivity index (χ2v) is 8.76. The SMILES string of the molecule is CCCC(OC(=O)Oc1ccc([N+](=O)[O-])cc1)(C(=O)O)c1cc(C)c(OCc2ncco2)c(OC)c1-c1ccco1. The van der Waals surface area contributed by atoms with Crippen molar-refractivity contribution in [3.8, 4) is 28.6 Å². The Morgan fingerprint density at radius 3 is 2.44 bits per heavy atom. The Balaban J connectivity index is 1.81. The van der Waals surface area contributed by atoms with Gasteiger partial charge in [-0.2, -0.15) is 0 Å². The maximum atomic E-state index is 13.0. The molecule has 0 saturated heterocycles. The van der Waals surface area contributed by atoms with Crippen LogP contribution in [0.4, 0.5) is 10.5 Å². The average Bonchev–Trinajstić information content (AvgIpc) is 3.66. The number of nitrogens with zero attached hydrogens (tertiary/aromatic N) is 2. The lowest BCUT2D eigenvalue weighted by molar-refractivity contribution is -0.384. The summed E-state index contributed by atoms with van der Waals surface area (Å²) in [6.45, 7) is 3.36. The first-order valence-corrected chi connectivity index (χ1v) is 12.4. The van der Waals surface area contributed by atoms with E-state index in [9.17, 15) is 24.8 Å². The number of methoxy groups -OCH3 is 1. The number of non-ortho nitro benzene ring substituents is 1. The number of aryl methyl sites for hydroxylation is 1. The normalized spacial score (nSPS) is 12.3. The van der Waals surface area contributed by atoms with Gasteiger partial charge in [0, 0.05) is 24.1 Å². The van der Waals surface area contributed by atoms with E-state index < -0.39 is 22.6 Å². The summed E-state index contributed by atoms with van der Waals surface area (Å²) in [7, 11) is 1.38. The lowest BCUT2D eigenvalue weighted by Gasteiger charge is -2.32. The highest BCUT2D eigenvalue weighted by Crippen LogP contribution is 2.49. The van der Waals surface area contributed by atoms with E-state index in [0.717, 1.165) is 12.1 Å². The molecule has 2 aromatic carbocycles. The third-order valence-corrected chi connectivity index (χ3v) is 6.11. The minimum absolute atomic E-state index is 0.0434. The largest absolute Gasteiger partial charge is 0.515 e. The number of carbonyl (C=O) groups excluding carboxylic acids is 1. The zero-order valence-corrected chi connectivity index (χ0v) is 22.3. The third-order valence-electron chi connectivity index (χ3n) is 6.11. The van der Waals surface area contributed by atoms with Crippen molar-refractivity contribution in [2.75, 3.05) is 7.11 Å². The summed E-state index contributed by atoms with van der Waals surface area (Å²) < 4.78 is 33.4. The lowest BCUT2D eigenvalue weighted by Crippen LogP contribution is -2.42. The van der Waals surface area contributed by atoms with Gasteiger partial charge in [-0.15, -0.1) is 0 Å². The molecule has 0 aliphatic carbocycles. The van der Waals surface area contributed by atoms with Crippen LogP contribution in [0.5, 0.6) is 17.2 Å². The number of hydrogen-bond acceptors (Lipinski definition) is 11. The quantitative estimate of drug-likeness (QED) is 0.0913. The number of carbonyl (C=O) groups is 2. The number of nitro groups is 1. The molecule has 4 aromatic rings. The maximum absolute atomic E-state index is 13.0. The zero-order valence-electron chi connectivity index (χ0n) is 22.3. The molecular formula is C28H26N2O11. The van der Waals surface area contributed by atoms with E-state index in [-0.39, 0.29) is 52.9 Å². The monoisotopic (exact) mass is 566 g/mol. The fraction of sp³-hybridized carbons (Fsp3) is 0.250. The number of ether oxygens (including phenoxy) is 4. The molecule has 2 heterocycles. The summed E-state index contributed by atoms with van der Waals surface area (Å²) in [5.41, 5.74) is -1.77. The summed E-state index contributed by atoms with van der Waals surface area (Å²) >= 11 is 0. The van der Waals surface area contributed by atoms with Crippen molar-refractivity contribution >= 4 is 17.8 Å². The standard InChI is InChI=1S/C28H26N2O11/c1-4-11-28(26(31)32,41-27(33)40-19-9-7-18(8-10-19)30(34)35)20-15-17(2)24(39-16-22-29-12-14-38-22)25(36-3)23(20)21-6-5-13-37-21/h5-10,12-15H,4,11,16H2,1-3H3,(H,31,32). The van der Waals surface area contributed by atoms with E-state index in [2.05, 4.69) is 4.98 Å². The van der Waals surface area contributed by atoms with Gasteiger partial charge in [0.1, 0.15) is 17.8 Å². The fourth-order valence-electron chi connectivity index (χ4n) is 4.34. The predicted octanol–water partition coefficient (Wildman–Crippen LogP) is 6.03. The molecule has 0 aliphatic heterocycles. The number of carboxylic acids is 1. The van der Waals surface area contributed by atoms with Crippen molar-refractivity contribution in [1.82, 2.24) is 4.98 Å². The van der Waals surface area contributed by atoms with Gasteiger partial charge < -0.3 is 32.9 Å². The van der Waals surface area contributed by atoms with Crippen molar-refractivity contribution in [3.63, 3.8) is 0 Å². The molecule has 0 radical (unpaired) electrons. The molecule has 1 unspecified atom stereocenters. The smallest absolute Gasteiger partial charge is 0.492 e. The van der Waals surface area contributed by atoms with Crippen LogP contribution in [0, 0.1) is 17.0 Å². The van der Waals surface area contributed by atoms with Gasteiger partial charge in [0.25, 0.3) is 5.69 Å². The average molecular weight is 567 g/mol. The lowest BCUT2D eigenvalue weighted by atomic mass is 9.83. The van der Waals surface area contributed by atoms with Gasteiger partial charge in [-0.1, -0.05) is 13.3 Å². The third kappa shape index (κ3) is 5.98. The van der Waals surface area contributed by atoms with Crippen molar-refractivity contribution in [1.29, 1.82) is 0 Å². The Kier molecular flexibility index (Phi) is 8.56. The van der Waals surface area contributed by atoms with Crippen molar-refractivity contribution < 1.29 is 47.4 Å². The minimum Gasteiger partial charge on any atom is -0.492 e. The Labute approximate surface area is 233 Å². The number of aliphatic carboxylic acids is 1. The summed E-state index contributed by atoms with van der Waals surface area (Å²) in [5.74, 6) is -0.611. The highest BCUT2D eigenvalue weighted by atomic mass is 16.7. The molecule has 0 fully saturated rings. The molecule has 4 rings (SSSR count). The van der Waals surface area contributed by atoms with Crippen LogP contribution in [0.2, 0.25) is 0 Å². The van der Waals surface area contributed by atoms with Crippen LogP contribution in [-0.4, -0.2) is 34.2 Å². The van der Waals surface area contributed by atoms with Gasteiger partial charge >= 0.3 is 12.1 Å². The van der Waals surface area contributed by atoms with Crippen molar-refractivity contribution in [2.24, 2.45) is 0 Å². The van der Waals surface area contributed by atoms with Crippen molar-refractivity contribution in [3.05, 3.63) is 88.3 Å². The molecule has 0 bridgehead atoms. The second-order valence-electron chi connectivity index (χ2n) is 8.76. The van der Waals surface area contributed by atoms with Crippen molar-refractivity contribution in [2.45, 2.75) is 38.9 Å². The topological polar surface area (TPSA) is 174 Å². The van der Waals surface area contributed by atoms with Gasteiger partial charge in [0.15, 0.2) is 18.1 Å². The molecule has 41 heavy (non-hydrogen) atoms. The van der Waals surface area contributed by atoms with Crippen LogP contribution in [0.25, 0.3) is 11.3 Å². The highest BCUT2D eigenvalue weighted by molar-refractivity contribution is 5.88. The van der Waals surface area contributed by atoms with Crippen LogP contribution in [0.1, 0.15) is 36.8 Å². The van der Waals surface area contributed by atoms with Crippen LogP contribution >= 0.6 is 0 Å². The zero-order chi connectivity index (χ0) is 29.6. The van der Waals surface area contributed by atoms with E-state index in [0.29, 0.717) is 17.9 Å². The van der Waals surface area contributed by atoms with Gasteiger partial charge in [-0.3, -0.25) is 10.1 Å². The van der Waals surface area contributed by atoms with E-state index >= 15 is 0 Å². The molecule has 0 spiro atoms. The molecule has 1 atom stereocenters. The maximum Gasteiger partial charge on any atom is 0.515 e. The Bertz CT molecular complexity index is 1510. The van der Waals surface area contributed by atoms with Gasteiger partial charge in [0.2, 0.25) is 11.5 Å². The molecule has 1 N–H and O–H groups in total. The molecule has 0 saturated carbocycles. The molecule has 13 heteroatoms. The van der Waals surface area contributed by atoms with Crippen LogP contribution in [-0.2, 0) is 21.7 Å². The van der Waals surface area contributed by atoms with E-state index in [1.165, 1.54) is 44.0 Å². The number of aromatic nitrogens is 1. The summed E-state index contributed by atoms with van der Waals surface area (Å²) in [6, 6.07) is 9.40. The first-order chi connectivity index (χ1) is 19.7. The molecular weight excluding hydrogens is 540 g/mol. The van der Waals surface area contributed by atoms with E-state index in [1.54, 1.807) is 26.0 Å². The van der Waals surface area contributed by atoms with E-state index in [4.69, 9.17) is 27.8 Å². The molecule has 2 aromatic heterocycles. The fourth-order valence-corrected chi connectivity index (χ4v) is 4.34. The molecule has 214 valence electrons. The molecule has 13 nitrogen and oxygen atoms in total. The first-order valence-electron chi connectivity index (χ1n) is 12.4. The Hall–Kier alpha value is -5.33. The van der Waals surface area contributed by atoms with E-state index in [1.807, 2.05) is 0 Å². The number of nitro benzene ring substituents is 1. The summed E-state index contributed by atoms with van der Waals surface area (Å²) in [5, 5.41) is 21.5. The number of oxazole rings is 1. The number of hydrogen-bond donors (Lipinski definition) is 1. The number of furan rings is 1. The number of rotatable bonds is 12. The van der Waals surface area contributed by atoms with Crippen LogP contribution in [0.3, 0.4) is 0 Å². The highest BCUT2D eigenvalue weighted by Gasteiger charge is 2.48. The van der Waals surface area contributed by atoms with Gasteiger partial charge in [-0.05, 0) is 42.8 Å². The van der Waals surface area contributed by atoms with Crippen LogP contribution < -0.4 is 14.2 Å². The Morgan fingerprint density at radius 1 is 1.12 bits per heavy atom. The first kappa shape index (κ1) is 28.7. The summed E-state index contributed by atoms with van der Waals surface area (Å²) in [6.07, 6.45) is 3.08. The Morgan fingerprint density at radius 2 is 1.88 bits per heavy atom. The molecule has 0 amide bonds.